The maximum atomic E-state index is 9.12. The van der Waals surface area contributed by atoms with Gasteiger partial charge in [-0.3, -0.25) is 0 Å². The molecule has 0 aromatic rings. The fraction of sp³-hybridized carbons (Fsp3) is 1.00. The highest BCUT2D eigenvalue weighted by atomic mass is 16.3. The van der Waals surface area contributed by atoms with E-state index in [0.717, 1.165) is 0 Å². The third-order valence-corrected chi connectivity index (χ3v) is 1.12. The quantitative estimate of drug-likeness (QED) is 0.447. The predicted molar refractivity (Wildman–Crippen MR) is 33.3 cm³/mol. The first-order chi connectivity index (χ1) is 3.62. The van der Waals surface area contributed by atoms with Crippen molar-refractivity contribution < 1.29 is 5.11 Å². The second-order valence-corrected chi connectivity index (χ2v) is 2.24. The van der Waals surface area contributed by atoms with Crippen molar-refractivity contribution in [3.05, 3.63) is 0 Å². The Balaban J connectivity index is 3.37. The minimum atomic E-state index is -0.755. The number of nitrogens with two attached hydrogens (primary N) is 2. The summed E-state index contributed by atoms with van der Waals surface area (Å²) in [4.78, 5) is 0. The number of hydrogen-bond acceptors (Lipinski definition) is 3. The molecule has 0 aliphatic rings. The van der Waals surface area contributed by atoms with Gasteiger partial charge in [-0.25, -0.2) is 0 Å². The van der Waals surface area contributed by atoms with Crippen LogP contribution in [0.1, 0.15) is 13.3 Å². The molecule has 1 atom stereocenters. The Hall–Kier alpha value is -0.120. The Morgan fingerprint density at radius 1 is 1.50 bits per heavy atom. The van der Waals surface area contributed by atoms with E-state index in [1.807, 2.05) is 0 Å². The molecule has 0 saturated carbocycles. The third kappa shape index (κ3) is 2.96. The summed E-state index contributed by atoms with van der Waals surface area (Å²) in [7, 11) is 0. The third-order valence-electron chi connectivity index (χ3n) is 1.12. The molecule has 0 aliphatic carbocycles. The minimum absolute atomic E-state index is 0.282. The molecular formula is C5H14N2O. The number of hydrogen-bond donors (Lipinski definition) is 3. The zero-order valence-corrected chi connectivity index (χ0v) is 5.22. The van der Waals surface area contributed by atoms with E-state index >= 15 is 0 Å². The molecule has 5 N–H and O–H groups in total. The van der Waals surface area contributed by atoms with Gasteiger partial charge in [-0.05, 0) is 19.9 Å². The first kappa shape index (κ1) is 7.88. The first-order valence-electron chi connectivity index (χ1n) is 2.75. The normalized spacial score (nSPS) is 18.0. The highest BCUT2D eigenvalue weighted by Crippen LogP contribution is 2.03. The van der Waals surface area contributed by atoms with Crippen LogP contribution in [0, 0.1) is 0 Å². The lowest BCUT2D eigenvalue weighted by molar-refractivity contribution is 0.0626. The highest BCUT2D eigenvalue weighted by molar-refractivity contribution is 4.72. The van der Waals surface area contributed by atoms with E-state index in [0.29, 0.717) is 13.0 Å². The summed E-state index contributed by atoms with van der Waals surface area (Å²) in [6.45, 7) is 2.45. The average molecular weight is 118 g/mol. The molecule has 0 aliphatic heterocycles. The maximum Gasteiger partial charge on any atom is 0.0753 e. The lowest BCUT2D eigenvalue weighted by atomic mass is 10.0. The Morgan fingerprint density at radius 2 is 2.00 bits per heavy atom. The molecule has 0 spiro atoms. The van der Waals surface area contributed by atoms with Crippen LogP contribution in [0.5, 0.6) is 0 Å². The summed E-state index contributed by atoms with van der Waals surface area (Å²) in [6.07, 6.45) is 0.573. The van der Waals surface area contributed by atoms with Crippen LogP contribution in [0.2, 0.25) is 0 Å². The van der Waals surface area contributed by atoms with Crippen LogP contribution in [0.15, 0.2) is 0 Å². The van der Waals surface area contributed by atoms with Crippen molar-refractivity contribution in [2.45, 2.75) is 18.9 Å². The molecule has 0 bridgehead atoms. The fourth-order valence-corrected chi connectivity index (χ4v) is 0.413. The summed E-state index contributed by atoms with van der Waals surface area (Å²) >= 11 is 0. The summed E-state index contributed by atoms with van der Waals surface area (Å²) in [5, 5.41) is 9.12. The molecule has 0 rings (SSSR count). The average Bonchev–Trinajstić information content (AvgIpc) is 1.67. The molecule has 0 aromatic heterocycles. The van der Waals surface area contributed by atoms with E-state index in [1.54, 1.807) is 6.92 Å². The van der Waals surface area contributed by atoms with Gasteiger partial charge in [0, 0.05) is 6.54 Å². The van der Waals surface area contributed by atoms with E-state index in [4.69, 9.17) is 16.6 Å². The molecule has 8 heavy (non-hydrogen) atoms. The second kappa shape index (κ2) is 3.02. The zero-order chi connectivity index (χ0) is 6.62. The van der Waals surface area contributed by atoms with Crippen molar-refractivity contribution in [3.8, 4) is 0 Å². The second-order valence-electron chi connectivity index (χ2n) is 2.24. The summed E-state index contributed by atoms with van der Waals surface area (Å²) < 4.78 is 0. The predicted octanol–water partition coefficient (Wildman–Crippen LogP) is -0.955. The van der Waals surface area contributed by atoms with Gasteiger partial charge < -0.3 is 16.6 Å². The molecule has 0 radical (unpaired) electrons. The number of rotatable bonds is 3. The topological polar surface area (TPSA) is 72.3 Å². The molecule has 0 heterocycles. The van der Waals surface area contributed by atoms with Crippen molar-refractivity contribution in [1.29, 1.82) is 0 Å². The van der Waals surface area contributed by atoms with E-state index in [9.17, 15) is 0 Å². The van der Waals surface area contributed by atoms with Gasteiger partial charge in [-0.15, -0.1) is 0 Å². The first-order valence-corrected chi connectivity index (χ1v) is 2.75. The van der Waals surface area contributed by atoms with Crippen molar-refractivity contribution in [2.24, 2.45) is 11.5 Å². The van der Waals surface area contributed by atoms with E-state index < -0.39 is 5.60 Å². The van der Waals surface area contributed by atoms with E-state index in [1.165, 1.54) is 0 Å². The minimum Gasteiger partial charge on any atom is -0.389 e. The maximum absolute atomic E-state index is 9.12. The largest absolute Gasteiger partial charge is 0.389 e. The van der Waals surface area contributed by atoms with Crippen molar-refractivity contribution >= 4 is 0 Å². The Labute approximate surface area is 49.7 Å². The molecule has 1 unspecified atom stereocenters. The van der Waals surface area contributed by atoms with Crippen LogP contribution in [0.3, 0.4) is 0 Å². The molecular weight excluding hydrogens is 104 g/mol. The summed E-state index contributed by atoms with van der Waals surface area (Å²) in [6, 6.07) is 0. The Bertz CT molecular complexity index is 63.4. The van der Waals surface area contributed by atoms with Crippen molar-refractivity contribution in [1.82, 2.24) is 0 Å². The molecule has 50 valence electrons. The van der Waals surface area contributed by atoms with Crippen molar-refractivity contribution in [3.63, 3.8) is 0 Å². The molecule has 0 saturated heterocycles. The van der Waals surface area contributed by atoms with Gasteiger partial charge in [0.2, 0.25) is 0 Å². The highest BCUT2D eigenvalue weighted by Gasteiger charge is 2.15. The van der Waals surface area contributed by atoms with Gasteiger partial charge in [0.25, 0.3) is 0 Å². The molecule has 3 heteroatoms. The van der Waals surface area contributed by atoms with Gasteiger partial charge in [0.15, 0.2) is 0 Å². The van der Waals surface area contributed by atoms with Crippen LogP contribution in [0.25, 0.3) is 0 Å². The molecule has 0 fully saturated rings. The fourth-order valence-electron chi connectivity index (χ4n) is 0.413. The van der Waals surface area contributed by atoms with E-state index in [-0.39, 0.29) is 6.54 Å². The van der Waals surface area contributed by atoms with Gasteiger partial charge in [-0.1, -0.05) is 0 Å². The number of aliphatic hydroxyl groups is 1. The van der Waals surface area contributed by atoms with Crippen LogP contribution in [-0.2, 0) is 0 Å². The Morgan fingerprint density at radius 3 is 2.12 bits per heavy atom. The van der Waals surface area contributed by atoms with Crippen LogP contribution < -0.4 is 11.5 Å². The lowest BCUT2D eigenvalue weighted by Gasteiger charge is -2.18. The van der Waals surface area contributed by atoms with Crippen molar-refractivity contribution in [2.75, 3.05) is 13.1 Å². The van der Waals surface area contributed by atoms with Gasteiger partial charge >= 0.3 is 0 Å². The van der Waals surface area contributed by atoms with Gasteiger partial charge in [0.1, 0.15) is 0 Å². The van der Waals surface area contributed by atoms with E-state index in [2.05, 4.69) is 0 Å². The molecule has 3 nitrogen and oxygen atoms in total. The lowest BCUT2D eigenvalue weighted by Crippen LogP contribution is -2.36. The molecule has 0 aromatic carbocycles. The molecule has 0 amide bonds. The monoisotopic (exact) mass is 118 g/mol. The van der Waals surface area contributed by atoms with Crippen LogP contribution >= 0.6 is 0 Å². The van der Waals surface area contributed by atoms with Gasteiger partial charge in [0.05, 0.1) is 5.60 Å². The van der Waals surface area contributed by atoms with Crippen LogP contribution in [-0.4, -0.2) is 23.8 Å². The SMILES string of the molecule is CC(O)(CN)CCN. The van der Waals surface area contributed by atoms with Crippen LogP contribution in [0.4, 0.5) is 0 Å². The summed E-state index contributed by atoms with van der Waals surface area (Å²) in [5.41, 5.74) is 9.61. The Kier molecular flexibility index (Phi) is 2.97. The van der Waals surface area contributed by atoms with Gasteiger partial charge in [-0.2, -0.15) is 0 Å². The zero-order valence-electron chi connectivity index (χ0n) is 5.22. The smallest absolute Gasteiger partial charge is 0.0753 e. The standard InChI is InChI=1S/C5H14N2O/c1-5(8,4-7)2-3-6/h8H,2-4,6-7H2,1H3. The summed E-state index contributed by atoms with van der Waals surface area (Å²) in [5.74, 6) is 0.